The molecule has 7 nitrogen and oxygen atoms in total. The number of hydrogen-bond acceptors (Lipinski definition) is 6. The van der Waals surface area contributed by atoms with E-state index in [9.17, 15) is 21.6 Å². The zero-order chi connectivity index (χ0) is 15.8. The number of rotatable bonds is 4. The summed E-state index contributed by atoms with van der Waals surface area (Å²) in [4.78, 5) is 10.9. The van der Waals surface area contributed by atoms with Crippen LogP contribution >= 0.6 is 27.3 Å². The average molecular weight is 418 g/mol. The van der Waals surface area contributed by atoms with Gasteiger partial charge in [0.1, 0.15) is 4.21 Å². The Morgan fingerprint density at radius 2 is 2.19 bits per heavy atom. The highest BCUT2D eigenvalue weighted by molar-refractivity contribution is 9.10. The largest absolute Gasteiger partial charge is 0.481 e. The second-order valence-corrected chi connectivity index (χ2v) is 10.6. The Hall–Kier alpha value is -0.490. The van der Waals surface area contributed by atoms with Crippen LogP contribution in [0.1, 0.15) is 6.42 Å². The first kappa shape index (κ1) is 16.9. The molecule has 1 atom stereocenters. The van der Waals surface area contributed by atoms with Crippen LogP contribution in [0.5, 0.6) is 0 Å². The maximum Gasteiger partial charge on any atom is 0.305 e. The molecule has 1 aromatic heterocycles. The summed E-state index contributed by atoms with van der Waals surface area (Å²) in [6.45, 7) is -0.229. The Bertz CT molecular complexity index is 754. The molecule has 0 spiro atoms. The predicted octanol–water partition coefficient (Wildman–Crippen LogP) is 0.773. The molecule has 1 fully saturated rings. The lowest BCUT2D eigenvalue weighted by molar-refractivity contribution is -0.137. The van der Waals surface area contributed by atoms with Gasteiger partial charge in [-0.25, -0.2) is 16.8 Å². The van der Waals surface area contributed by atoms with Crippen molar-refractivity contribution in [1.29, 1.82) is 0 Å². The van der Waals surface area contributed by atoms with Crippen LogP contribution in [0.4, 0.5) is 0 Å². The third kappa shape index (κ3) is 3.65. The lowest BCUT2D eigenvalue weighted by Gasteiger charge is -2.33. The summed E-state index contributed by atoms with van der Waals surface area (Å²) in [5.41, 5.74) is 0. The number of hydrogen-bond donors (Lipinski definition) is 1. The maximum atomic E-state index is 12.6. The smallest absolute Gasteiger partial charge is 0.305 e. The monoisotopic (exact) mass is 417 g/mol. The molecule has 2 heterocycles. The van der Waals surface area contributed by atoms with Crippen molar-refractivity contribution in [2.45, 2.75) is 16.7 Å². The molecule has 0 radical (unpaired) electrons. The Morgan fingerprint density at radius 3 is 2.71 bits per heavy atom. The summed E-state index contributed by atoms with van der Waals surface area (Å²) in [6, 6.07) is 0.491. The van der Waals surface area contributed by atoms with E-state index in [1.54, 1.807) is 11.4 Å². The zero-order valence-corrected chi connectivity index (χ0v) is 14.6. The quantitative estimate of drug-likeness (QED) is 0.774. The van der Waals surface area contributed by atoms with Crippen LogP contribution in [0.15, 0.2) is 20.1 Å². The molecular weight excluding hydrogens is 406 g/mol. The van der Waals surface area contributed by atoms with E-state index in [-0.39, 0.29) is 16.5 Å². The molecule has 118 valence electrons. The molecule has 1 aromatic rings. The fourth-order valence-electron chi connectivity index (χ4n) is 2.12. The number of sulfonamides is 1. The highest BCUT2D eigenvalue weighted by atomic mass is 79.9. The van der Waals surface area contributed by atoms with Crippen LogP contribution in [0, 0.1) is 0 Å². The number of nitrogens with zero attached hydrogens (tertiary/aromatic N) is 1. The minimum absolute atomic E-state index is 0.0530. The van der Waals surface area contributed by atoms with Crippen LogP contribution in [-0.4, -0.2) is 56.3 Å². The standard InChI is InChI=1S/C10H12BrNO6S3/c11-8-1-3-19-10(8)21(17,18)12-2-4-20(15,16)6-7(12)5-9(13)14/h1,3,7H,2,4-6H2,(H,13,14). The average Bonchev–Trinajstić information content (AvgIpc) is 2.73. The fourth-order valence-corrected chi connectivity index (χ4v) is 7.91. The number of carboxylic acid groups (broad SMARTS) is 1. The molecule has 1 saturated heterocycles. The lowest BCUT2D eigenvalue weighted by atomic mass is 10.2. The van der Waals surface area contributed by atoms with Gasteiger partial charge in [-0.05, 0) is 27.4 Å². The molecule has 1 unspecified atom stereocenters. The normalized spacial score (nSPS) is 23.0. The number of halogens is 1. The third-order valence-electron chi connectivity index (χ3n) is 3.01. The summed E-state index contributed by atoms with van der Waals surface area (Å²) in [5.74, 6) is -2.00. The molecule has 1 aliphatic rings. The van der Waals surface area contributed by atoms with Crippen molar-refractivity contribution >= 4 is 53.1 Å². The highest BCUT2D eigenvalue weighted by Gasteiger charge is 2.40. The summed E-state index contributed by atoms with van der Waals surface area (Å²) >= 11 is 4.13. The van der Waals surface area contributed by atoms with Crippen molar-refractivity contribution in [3.63, 3.8) is 0 Å². The van der Waals surface area contributed by atoms with E-state index in [0.717, 1.165) is 15.6 Å². The molecule has 0 aromatic carbocycles. The van der Waals surface area contributed by atoms with Gasteiger partial charge in [-0.2, -0.15) is 4.31 Å². The molecule has 0 bridgehead atoms. The van der Waals surface area contributed by atoms with Gasteiger partial charge in [0, 0.05) is 17.1 Å². The number of sulfone groups is 1. The summed E-state index contributed by atoms with van der Waals surface area (Å²) in [7, 11) is -7.34. The molecule has 0 amide bonds. The van der Waals surface area contributed by atoms with Gasteiger partial charge >= 0.3 is 5.97 Å². The molecule has 0 aliphatic carbocycles. The van der Waals surface area contributed by atoms with Gasteiger partial charge < -0.3 is 5.11 Å². The summed E-state index contributed by atoms with van der Waals surface area (Å²) in [6.07, 6.45) is -0.540. The van der Waals surface area contributed by atoms with Crippen molar-refractivity contribution in [3.8, 4) is 0 Å². The van der Waals surface area contributed by atoms with Crippen LogP contribution in [0.3, 0.4) is 0 Å². The van der Waals surface area contributed by atoms with Crippen molar-refractivity contribution in [2.24, 2.45) is 0 Å². The first-order valence-corrected chi connectivity index (χ1v) is 10.7. The van der Waals surface area contributed by atoms with Gasteiger partial charge in [0.2, 0.25) is 0 Å². The third-order valence-corrected chi connectivity index (χ3v) is 9.31. The van der Waals surface area contributed by atoms with E-state index in [1.165, 1.54) is 0 Å². The molecule has 0 saturated carbocycles. The summed E-state index contributed by atoms with van der Waals surface area (Å²) in [5, 5.41) is 10.5. The first-order chi connectivity index (χ1) is 9.63. The number of carboxylic acids is 1. The SMILES string of the molecule is O=C(O)CC1CS(=O)(=O)CCN1S(=O)(=O)c1sccc1Br. The minimum Gasteiger partial charge on any atom is -0.481 e. The van der Waals surface area contributed by atoms with Crippen molar-refractivity contribution in [3.05, 3.63) is 15.9 Å². The topological polar surface area (TPSA) is 109 Å². The van der Waals surface area contributed by atoms with Crippen LogP contribution in [-0.2, 0) is 24.7 Å². The van der Waals surface area contributed by atoms with Gasteiger partial charge in [0.15, 0.2) is 9.84 Å². The van der Waals surface area contributed by atoms with Gasteiger partial charge in [-0.3, -0.25) is 4.79 Å². The molecular formula is C10H12BrNO6S3. The lowest BCUT2D eigenvalue weighted by Crippen LogP contribution is -2.51. The second kappa shape index (κ2) is 5.95. The number of aliphatic carboxylic acids is 1. The Labute approximate surface area is 134 Å². The Kier molecular flexibility index (Phi) is 4.78. The van der Waals surface area contributed by atoms with E-state index < -0.39 is 44.0 Å². The van der Waals surface area contributed by atoms with Crippen LogP contribution in [0.2, 0.25) is 0 Å². The van der Waals surface area contributed by atoms with Gasteiger partial charge in [0.05, 0.1) is 17.9 Å². The van der Waals surface area contributed by atoms with Gasteiger partial charge in [0.25, 0.3) is 10.0 Å². The van der Waals surface area contributed by atoms with Gasteiger partial charge in [-0.1, -0.05) is 0 Å². The van der Waals surface area contributed by atoms with E-state index in [2.05, 4.69) is 15.9 Å². The predicted molar refractivity (Wildman–Crippen MR) is 80.6 cm³/mol. The fraction of sp³-hybridized carbons (Fsp3) is 0.500. The molecule has 2 rings (SSSR count). The van der Waals surface area contributed by atoms with E-state index in [0.29, 0.717) is 4.47 Å². The van der Waals surface area contributed by atoms with E-state index in [4.69, 9.17) is 5.11 Å². The molecule has 1 N–H and O–H groups in total. The Balaban J connectivity index is 2.40. The Morgan fingerprint density at radius 1 is 1.52 bits per heavy atom. The van der Waals surface area contributed by atoms with Crippen LogP contribution in [0.25, 0.3) is 0 Å². The van der Waals surface area contributed by atoms with Crippen molar-refractivity contribution in [1.82, 2.24) is 4.31 Å². The van der Waals surface area contributed by atoms with Gasteiger partial charge in [-0.15, -0.1) is 11.3 Å². The van der Waals surface area contributed by atoms with Crippen molar-refractivity contribution < 1.29 is 26.7 Å². The molecule has 11 heteroatoms. The minimum atomic E-state index is -3.92. The maximum absolute atomic E-state index is 12.6. The highest BCUT2D eigenvalue weighted by Crippen LogP contribution is 2.32. The van der Waals surface area contributed by atoms with Crippen molar-refractivity contribution in [2.75, 3.05) is 18.1 Å². The van der Waals surface area contributed by atoms with E-state index >= 15 is 0 Å². The van der Waals surface area contributed by atoms with E-state index in [1.807, 2.05) is 0 Å². The molecule has 21 heavy (non-hydrogen) atoms. The first-order valence-electron chi connectivity index (χ1n) is 5.80. The molecule has 1 aliphatic heterocycles. The zero-order valence-electron chi connectivity index (χ0n) is 10.6. The number of thiophene rings is 1. The second-order valence-electron chi connectivity index (χ2n) is 4.54. The summed E-state index contributed by atoms with van der Waals surface area (Å²) < 4.78 is 49.9. The number of carbonyl (C=O) groups is 1. The van der Waals surface area contributed by atoms with Crippen LogP contribution < -0.4 is 0 Å².